The summed E-state index contributed by atoms with van der Waals surface area (Å²) in [5.41, 5.74) is 0.0359. The summed E-state index contributed by atoms with van der Waals surface area (Å²) in [5.74, 6) is -1.93. The molecule has 0 radical (unpaired) electrons. The largest absolute Gasteiger partial charge is 0.505 e. The van der Waals surface area contributed by atoms with Crippen molar-refractivity contribution in [2.45, 2.75) is 0 Å². The number of hydrogen-bond donors (Lipinski definition) is 2. The molecule has 0 atom stereocenters. The number of nitrogens with zero attached hydrogens (tertiary/aromatic N) is 2. The lowest BCUT2D eigenvalue weighted by Gasteiger charge is -2.14. The summed E-state index contributed by atoms with van der Waals surface area (Å²) < 4.78 is 0. The van der Waals surface area contributed by atoms with Crippen molar-refractivity contribution in [2.75, 3.05) is 13.6 Å². The van der Waals surface area contributed by atoms with Crippen LogP contribution >= 0.6 is 0 Å². The fourth-order valence-corrected chi connectivity index (χ4v) is 1.05. The van der Waals surface area contributed by atoms with E-state index in [2.05, 4.69) is 4.98 Å². The monoisotopic (exact) mass is 210 g/mol. The SMILES string of the molecule is CN(CC(=O)O)C(=O)c1ccncc1O. The van der Waals surface area contributed by atoms with Gasteiger partial charge in [0.1, 0.15) is 12.3 Å². The maximum atomic E-state index is 11.6. The van der Waals surface area contributed by atoms with Crippen LogP contribution in [0.3, 0.4) is 0 Å². The summed E-state index contributed by atoms with van der Waals surface area (Å²) in [6, 6.07) is 1.33. The quantitative estimate of drug-likeness (QED) is 0.729. The van der Waals surface area contributed by atoms with Gasteiger partial charge in [-0.15, -0.1) is 0 Å². The van der Waals surface area contributed by atoms with Crippen LogP contribution in [0.4, 0.5) is 0 Å². The predicted molar refractivity (Wildman–Crippen MR) is 50.5 cm³/mol. The lowest BCUT2D eigenvalue weighted by atomic mass is 10.2. The molecular formula is C9H10N2O4. The number of likely N-dealkylation sites (N-methyl/N-ethyl adjacent to an activating group) is 1. The fourth-order valence-electron chi connectivity index (χ4n) is 1.05. The van der Waals surface area contributed by atoms with Crippen molar-refractivity contribution >= 4 is 11.9 Å². The minimum absolute atomic E-state index is 0.0359. The molecule has 0 fully saturated rings. The normalized spacial score (nSPS) is 9.67. The first-order valence-corrected chi connectivity index (χ1v) is 4.12. The molecule has 0 saturated carbocycles. The van der Waals surface area contributed by atoms with E-state index in [1.54, 1.807) is 0 Å². The first-order chi connectivity index (χ1) is 7.02. The van der Waals surface area contributed by atoms with Crippen molar-refractivity contribution in [3.63, 3.8) is 0 Å². The minimum atomic E-state index is -1.11. The Hall–Kier alpha value is -2.11. The van der Waals surface area contributed by atoms with Gasteiger partial charge in [0.05, 0.1) is 11.8 Å². The second-order valence-electron chi connectivity index (χ2n) is 2.95. The third kappa shape index (κ3) is 2.67. The summed E-state index contributed by atoms with van der Waals surface area (Å²) in [6.45, 7) is -0.416. The Morgan fingerprint density at radius 2 is 2.20 bits per heavy atom. The molecule has 0 aliphatic heterocycles. The first kappa shape index (κ1) is 11.0. The van der Waals surface area contributed by atoms with E-state index in [-0.39, 0.29) is 11.3 Å². The van der Waals surface area contributed by atoms with Crippen molar-refractivity contribution in [3.05, 3.63) is 24.0 Å². The lowest BCUT2D eigenvalue weighted by Crippen LogP contribution is -2.31. The zero-order chi connectivity index (χ0) is 11.4. The Morgan fingerprint density at radius 3 is 2.73 bits per heavy atom. The molecule has 0 unspecified atom stereocenters. The van der Waals surface area contributed by atoms with Crippen LogP contribution in [0.1, 0.15) is 10.4 Å². The highest BCUT2D eigenvalue weighted by molar-refractivity contribution is 5.97. The molecular weight excluding hydrogens is 200 g/mol. The van der Waals surface area contributed by atoms with Gasteiger partial charge < -0.3 is 15.1 Å². The number of aromatic nitrogens is 1. The van der Waals surface area contributed by atoms with E-state index in [9.17, 15) is 14.7 Å². The van der Waals surface area contributed by atoms with Gasteiger partial charge in [0.2, 0.25) is 0 Å². The summed E-state index contributed by atoms with van der Waals surface area (Å²) >= 11 is 0. The molecule has 1 amide bonds. The van der Waals surface area contributed by atoms with Crippen LogP contribution in [-0.4, -0.2) is 45.6 Å². The van der Waals surface area contributed by atoms with Crippen molar-refractivity contribution in [1.29, 1.82) is 0 Å². The van der Waals surface area contributed by atoms with Crippen molar-refractivity contribution in [2.24, 2.45) is 0 Å². The molecule has 15 heavy (non-hydrogen) atoms. The second kappa shape index (κ2) is 4.41. The van der Waals surface area contributed by atoms with Crippen LogP contribution in [0, 0.1) is 0 Å². The Bertz CT molecular complexity index is 391. The molecule has 0 saturated heterocycles. The fraction of sp³-hybridized carbons (Fsp3) is 0.222. The van der Waals surface area contributed by atoms with E-state index < -0.39 is 18.4 Å². The zero-order valence-electron chi connectivity index (χ0n) is 8.04. The third-order valence-corrected chi connectivity index (χ3v) is 1.75. The maximum Gasteiger partial charge on any atom is 0.323 e. The van der Waals surface area contributed by atoms with E-state index in [0.29, 0.717) is 0 Å². The number of aliphatic carboxylic acids is 1. The summed E-state index contributed by atoms with van der Waals surface area (Å²) in [7, 11) is 1.34. The highest BCUT2D eigenvalue weighted by Crippen LogP contribution is 2.15. The average Bonchev–Trinajstić information content (AvgIpc) is 2.16. The molecule has 1 aromatic heterocycles. The molecule has 0 bridgehead atoms. The van der Waals surface area contributed by atoms with Gasteiger partial charge >= 0.3 is 5.97 Å². The highest BCUT2D eigenvalue weighted by Gasteiger charge is 2.17. The van der Waals surface area contributed by atoms with E-state index in [1.807, 2.05) is 0 Å². The molecule has 0 aliphatic carbocycles. The van der Waals surface area contributed by atoms with Crippen LogP contribution in [0.2, 0.25) is 0 Å². The van der Waals surface area contributed by atoms with Crippen LogP contribution in [0.25, 0.3) is 0 Å². The Kier molecular flexibility index (Phi) is 3.22. The van der Waals surface area contributed by atoms with E-state index in [4.69, 9.17) is 5.11 Å². The zero-order valence-corrected chi connectivity index (χ0v) is 8.04. The van der Waals surface area contributed by atoms with E-state index in [0.717, 1.165) is 11.1 Å². The smallest absolute Gasteiger partial charge is 0.323 e. The molecule has 6 nitrogen and oxygen atoms in total. The average molecular weight is 210 g/mol. The number of hydrogen-bond acceptors (Lipinski definition) is 4. The summed E-state index contributed by atoms with van der Waals surface area (Å²) in [5, 5.41) is 17.8. The van der Waals surface area contributed by atoms with Gasteiger partial charge in [-0.25, -0.2) is 0 Å². The molecule has 1 rings (SSSR count). The van der Waals surface area contributed by atoms with Crippen molar-refractivity contribution in [1.82, 2.24) is 9.88 Å². The molecule has 0 spiro atoms. The van der Waals surface area contributed by atoms with Gasteiger partial charge in [0.15, 0.2) is 0 Å². The van der Waals surface area contributed by atoms with E-state index >= 15 is 0 Å². The van der Waals surface area contributed by atoms with Gasteiger partial charge in [0, 0.05) is 13.2 Å². The predicted octanol–water partition coefficient (Wildman–Crippen LogP) is -0.0562. The number of carboxylic acids is 1. The number of carbonyl (C=O) groups is 2. The third-order valence-electron chi connectivity index (χ3n) is 1.75. The number of amides is 1. The standard InChI is InChI=1S/C9H10N2O4/c1-11(5-8(13)14)9(15)6-2-3-10-4-7(6)12/h2-4,12H,5H2,1H3,(H,13,14). The van der Waals surface area contributed by atoms with Crippen LogP contribution in [0.15, 0.2) is 18.5 Å². The Balaban J connectivity index is 2.85. The number of rotatable bonds is 3. The number of pyridine rings is 1. The van der Waals surface area contributed by atoms with Gasteiger partial charge in [0.25, 0.3) is 5.91 Å². The van der Waals surface area contributed by atoms with Gasteiger partial charge in [-0.2, -0.15) is 0 Å². The number of carbonyl (C=O) groups excluding carboxylic acids is 1. The van der Waals surface area contributed by atoms with Crippen molar-refractivity contribution < 1.29 is 19.8 Å². The Morgan fingerprint density at radius 1 is 1.53 bits per heavy atom. The van der Waals surface area contributed by atoms with Gasteiger partial charge in [-0.1, -0.05) is 0 Å². The van der Waals surface area contributed by atoms with Gasteiger partial charge in [-0.3, -0.25) is 14.6 Å². The van der Waals surface area contributed by atoms with Gasteiger partial charge in [-0.05, 0) is 6.07 Å². The summed E-state index contributed by atoms with van der Waals surface area (Å²) in [4.78, 5) is 26.5. The van der Waals surface area contributed by atoms with Crippen LogP contribution < -0.4 is 0 Å². The molecule has 1 heterocycles. The first-order valence-electron chi connectivity index (χ1n) is 4.12. The molecule has 0 aliphatic rings. The Labute approximate surface area is 85.8 Å². The molecule has 2 N–H and O–H groups in total. The molecule has 6 heteroatoms. The van der Waals surface area contributed by atoms with Crippen LogP contribution in [-0.2, 0) is 4.79 Å². The topological polar surface area (TPSA) is 90.7 Å². The molecule has 1 aromatic rings. The molecule has 0 aromatic carbocycles. The summed E-state index contributed by atoms with van der Waals surface area (Å²) in [6.07, 6.45) is 2.48. The van der Waals surface area contributed by atoms with Crippen molar-refractivity contribution in [3.8, 4) is 5.75 Å². The van der Waals surface area contributed by atoms with E-state index in [1.165, 1.54) is 19.3 Å². The number of carboxylic acid groups (broad SMARTS) is 1. The number of aromatic hydroxyl groups is 1. The molecule has 80 valence electrons. The maximum absolute atomic E-state index is 11.6. The minimum Gasteiger partial charge on any atom is -0.505 e. The second-order valence-corrected chi connectivity index (χ2v) is 2.95. The lowest BCUT2D eigenvalue weighted by molar-refractivity contribution is -0.137. The van der Waals surface area contributed by atoms with Crippen LogP contribution in [0.5, 0.6) is 5.75 Å². The highest BCUT2D eigenvalue weighted by atomic mass is 16.4.